The Hall–Kier alpha value is -1.86. The normalized spacial score (nSPS) is 11.0. The molecule has 0 saturated carbocycles. The van der Waals surface area contributed by atoms with Crippen molar-refractivity contribution in [3.05, 3.63) is 59.0 Å². The molecule has 0 aliphatic carbocycles. The van der Waals surface area contributed by atoms with Gasteiger partial charge in [0, 0.05) is 6.54 Å². The summed E-state index contributed by atoms with van der Waals surface area (Å²) in [7, 11) is 0. The standard InChI is InChI=1S/C15H15F2NO3S/c16-15(17)22-9-13-6-5-12(21-13)8-18-7-10-1-3-11(4-2-10)14(19)20/h1-6,15,18H,7-9H2,(H,19,20). The third-order valence-electron chi connectivity index (χ3n) is 2.90. The second kappa shape index (κ2) is 7.95. The van der Waals surface area contributed by atoms with Crippen LogP contribution in [0.1, 0.15) is 27.4 Å². The number of carboxylic acids is 1. The van der Waals surface area contributed by atoms with Gasteiger partial charge < -0.3 is 14.8 Å². The van der Waals surface area contributed by atoms with E-state index in [2.05, 4.69) is 5.32 Å². The van der Waals surface area contributed by atoms with Gasteiger partial charge in [-0.2, -0.15) is 8.78 Å². The maximum absolute atomic E-state index is 12.1. The fourth-order valence-corrected chi connectivity index (χ4v) is 2.28. The molecule has 1 aromatic heterocycles. The van der Waals surface area contributed by atoms with Gasteiger partial charge in [-0.1, -0.05) is 23.9 Å². The number of alkyl halides is 2. The molecule has 2 N–H and O–H groups in total. The number of aromatic carboxylic acids is 1. The number of hydrogen-bond donors (Lipinski definition) is 2. The molecule has 22 heavy (non-hydrogen) atoms. The van der Waals surface area contributed by atoms with Crippen molar-refractivity contribution < 1.29 is 23.1 Å². The van der Waals surface area contributed by atoms with E-state index in [0.717, 1.165) is 5.56 Å². The molecule has 0 radical (unpaired) electrons. The molecule has 0 aliphatic heterocycles. The molecular weight excluding hydrogens is 312 g/mol. The predicted molar refractivity (Wildman–Crippen MR) is 80.0 cm³/mol. The van der Waals surface area contributed by atoms with Crippen LogP contribution in [0.4, 0.5) is 8.78 Å². The van der Waals surface area contributed by atoms with Gasteiger partial charge in [0.15, 0.2) is 0 Å². The van der Waals surface area contributed by atoms with Crippen LogP contribution in [-0.4, -0.2) is 16.8 Å². The Morgan fingerprint density at radius 3 is 2.45 bits per heavy atom. The summed E-state index contributed by atoms with van der Waals surface area (Å²) in [6, 6.07) is 10.0. The quantitative estimate of drug-likeness (QED) is 0.774. The summed E-state index contributed by atoms with van der Waals surface area (Å²) in [6.07, 6.45) is 0. The number of benzene rings is 1. The number of hydrogen-bond acceptors (Lipinski definition) is 4. The Labute approximate surface area is 130 Å². The molecule has 1 heterocycles. The minimum atomic E-state index is -2.40. The van der Waals surface area contributed by atoms with Crippen molar-refractivity contribution in [1.29, 1.82) is 0 Å². The highest BCUT2D eigenvalue weighted by atomic mass is 32.2. The van der Waals surface area contributed by atoms with Crippen molar-refractivity contribution in [2.24, 2.45) is 0 Å². The highest BCUT2D eigenvalue weighted by Gasteiger charge is 2.07. The van der Waals surface area contributed by atoms with Crippen LogP contribution in [0, 0.1) is 0 Å². The van der Waals surface area contributed by atoms with E-state index in [1.807, 2.05) is 0 Å². The molecule has 0 saturated heterocycles. The summed E-state index contributed by atoms with van der Waals surface area (Å²) >= 11 is 0.527. The predicted octanol–water partition coefficient (Wildman–Crippen LogP) is 3.72. The Kier molecular flexibility index (Phi) is 5.97. The van der Waals surface area contributed by atoms with Crippen LogP contribution in [0.2, 0.25) is 0 Å². The summed E-state index contributed by atoms with van der Waals surface area (Å²) in [4.78, 5) is 10.7. The van der Waals surface area contributed by atoms with Gasteiger partial charge in [0.1, 0.15) is 11.5 Å². The first-order valence-corrected chi connectivity index (χ1v) is 7.60. The lowest BCUT2D eigenvalue weighted by molar-refractivity contribution is 0.0697. The first-order chi connectivity index (χ1) is 10.5. The fraction of sp³-hybridized carbons (Fsp3) is 0.267. The molecule has 0 aliphatic rings. The van der Waals surface area contributed by atoms with Gasteiger partial charge in [0.05, 0.1) is 17.9 Å². The molecule has 4 nitrogen and oxygen atoms in total. The Balaban J connectivity index is 1.77. The number of halogens is 2. The van der Waals surface area contributed by atoms with E-state index < -0.39 is 11.7 Å². The minimum absolute atomic E-state index is 0.147. The number of thioether (sulfide) groups is 1. The van der Waals surface area contributed by atoms with Gasteiger partial charge in [-0.25, -0.2) is 4.79 Å². The molecule has 118 valence electrons. The number of carboxylic acid groups (broad SMARTS) is 1. The average Bonchev–Trinajstić information content (AvgIpc) is 2.93. The maximum Gasteiger partial charge on any atom is 0.335 e. The van der Waals surface area contributed by atoms with Gasteiger partial charge >= 0.3 is 5.97 Å². The van der Waals surface area contributed by atoms with E-state index in [0.29, 0.717) is 36.4 Å². The zero-order valence-electron chi connectivity index (χ0n) is 11.6. The van der Waals surface area contributed by atoms with E-state index in [-0.39, 0.29) is 11.3 Å². The average molecular weight is 327 g/mol. The molecule has 0 spiro atoms. The Morgan fingerprint density at radius 2 is 1.82 bits per heavy atom. The largest absolute Gasteiger partial charge is 0.478 e. The van der Waals surface area contributed by atoms with Crippen LogP contribution in [0.3, 0.4) is 0 Å². The van der Waals surface area contributed by atoms with Crippen molar-refractivity contribution in [2.75, 3.05) is 0 Å². The lowest BCUT2D eigenvalue weighted by atomic mass is 10.1. The van der Waals surface area contributed by atoms with Gasteiger partial charge in [0.25, 0.3) is 5.76 Å². The summed E-state index contributed by atoms with van der Waals surface area (Å²) in [5.74, 6) is -2.02. The first kappa shape index (κ1) is 16.5. The SMILES string of the molecule is O=C(O)c1ccc(CNCc2ccc(CSC(F)F)o2)cc1. The molecule has 0 bridgehead atoms. The van der Waals surface area contributed by atoms with Crippen LogP contribution in [-0.2, 0) is 18.8 Å². The zero-order chi connectivity index (χ0) is 15.9. The second-order valence-corrected chi connectivity index (χ2v) is 5.52. The Bertz CT molecular complexity index is 614. The number of furan rings is 1. The second-order valence-electron chi connectivity index (χ2n) is 4.55. The zero-order valence-corrected chi connectivity index (χ0v) is 12.4. The molecule has 7 heteroatoms. The van der Waals surface area contributed by atoms with E-state index in [1.165, 1.54) is 0 Å². The lowest BCUT2D eigenvalue weighted by Crippen LogP contribution is -2.12. The summed E-state index contributed by atoms with van der Waals surface area (Å²) in [5.41, 5.74) is 1.20. The summed E-state index contributed by atoms with van der Waals surface area (Å²) < 4.78 is 29.6. The minimum Gasteiger partial charge on any atom is -0.478 e. The van der Waals surface area contributed by atoms with Crippen molar-refractivity contribution >= 4 is 17.7 Å². The number of rotatable bonds is 8. The van der Waals surface area contributed by atoms with Crippen LogP contribution in [0.5, 0.6) is 0 Å². The molecule has 0 unspecified atom stereocenters. The third kappa shape index (κ3) is 5.16. The van der Waals surface area contributed by atoms with Crippen molar-refractivity contribution in [2.45, 2.75) is 24.6 Å². The molecule has 0 atom stereocenters. The van der Waals surface area contributed by atoms with Gasteiger partial charge in [-0.05, 0) is 29.8 Å². The molecular formula is C15H15F2NO3S. The fourth-order valence-electron chi connectivity index (χ4n) is 1.84. The van der Waals surface area contributed by atoms with Crippen LogP contribution in [0.15, 0.2) is 40.8 Å². The molecule has 0 fully saturated rings. The van der Waals surface area contributed by atoms with Crippen molar-refractivity contribution in [1.82, 2.24) is 5.32 Å². The van der Waals surface area contributed by atoms with Crippen LogP contribution < -0.4 is 5.32 Å². The summed E-state index contributed by atoms with van der Waals surface area (Å²) in [6.45, 7) is 1.03. The lowest BCUT2D eigenvalue weighted by Gasteiger charge is -2.04. The maximum atomic E-state index is 12.1. The van der Waals surface area contributed by atoms with Crippen LogP contribution >= 0.6 is 11.8 Å². The number of nitrogens with one attached hydrogen (secondary N) is 1. The molecule has 2 aromatic rings. The Morgan fingerprint density at radius 1 is 1.14 bits per heavy atom. The molecule has 2 rings (SSSR count). The van der Waals surface area contributed by atoms with E-state index in [4.69, 9.17) is 9.52 Å². The van der Waals surface area contributed by atoms with Crippen molar-refractivity contribution in [3.63, 3.8) is 0 Å². The van der Waals surface area contributed by atoms with E-state index in [1.54, 1.807) is 36.4 Å². The van der Waals surface area contributed by atoms with Gasteiger partial charge in [0.2, 0.25) is 0 Å². The van der Waals surface area contributed by atoms with E-state index in [9.17, 15) is 13.6 Å². The smallest absolute Gasteiger partial charge is 0.335 e. The summed E-state index contributed by atoms with van der Waals surface area (Å²) in [5, 5.41) is 12.0. The van der Waals surface area contributed by atoms with Crippen molar-refractivity contribution in [3.8, 4) is 0 Å². The highest BCUT2D eigenvalue weighted by Crippen LogP contribution is 2.21. The van der Waals surface area contributed by atoms with E-state index >= 15 is 0 Å². The molecule has 1 aromatic carbocycles. The highest BCUT2D eigenvalue weighted by molar-refractivity contribution is 7.98. The van der Waals surface area contributed by atoms with Gasteiger partial charge in [-0.15, -0.1) is 0 Å². The van der Waals surface area contributed by atoms with Gasteiger partial charge in [-0.3, -0.25) is 0 Å². The molecule has 0 amide bonds. The third-order valence-corrected chi connectivity index (χ3v) is 3.60. The number of carbonyl (C=O) groups is 1. The topological polar surface area (TPSA) is 62.5 Å². The van der Waals surface area contributed by atoms with Crippen LogP contribution in [0.25, 0.3) is 0 Å². The monoisotopic (exact) mass is 327 g/mol. The first-order valence-electron chi connectivity index (χ1n) is 6.55.